The summed E-state index contributed by atoms with van der Waals surface area (Å²) in [5, 5.41) is 4.00. The molecule has 1 saturated heterocycles. The number of likely N-dealkylation sites (tertiary alicyclic amines) is 1. The lowest BCUT2D eigenvalue weighted by atomic mass is 10.1. The predicted molar refractivity (Wildman–Crippen MR) is 107 cm³/mol. The first-order valence-corrected chi connectivity index (χ1v) is 9.86. The van der Waals surface area contributed by atoms with Gasteiger partial charge in [0.1, 0.15) is 11.5 Å². The minimum absolute atomic E-state index is 0.0628. The molecule has 1 amide bonds. The van der Waals surface area contributed by atoms with Gasteiger partial charge in [-0.2, -0.15) is 0 Å². The Hall–Kier alpha value is -3.22. The van der Waals surface area contributed by atoms with E-state index in [1.165, 1.54) is 0 Å². The number of nitrogens with zero attached hydrogens (tertiary/aromatic N) is 4. The second kappa shape index (κ2) is 8.43. The Labute approximate surface area is 169 Å². The summed E-state index contributed by atoms with van der Waals surface area (Å²) in [5.74, 6) is 1.57. The number of hydrogen-bond acceptors (Lipinski definition) is 6. The summed E-state index contributed by atoms with van der Waals surface area (Å²) < 4.78 is 10.9. The van der Waals surface area contributed by atoms with E-state index in [4.69, 9.17) is 14.2 Å². The predicted octanol–water partition coefficient (Wildman–Crippen LogP) is 3.88. The number of rotatable bonds is 6. The third-order valence-corrected chi connectivity index (χ3v) is 5.19. The molecule has 7 heteroatoms. The number of aromatic nitrogens is 3. The minimum atomic E-state index is -0.0628. The maximum Gasteiger partial charge on any atom is 0.226 e. The van der Waals surface area contributed by atoms with E-state index in [9.17, 15) is 4.79 Å². The van der Waals surface area contributed by atoms with Gasteiger partial charge in [-0.25, -0.2) is 4.98 Å². The number of hydrogen-bond donors (Lipinski definition) is 0. The third-order valence-electron chi connectivity index (χ3n) is 5.19. The fourth-order valence-corrected chi connectivity index (χ4v) is 3.80. The lowest BCUT2D eigenvalue weighted by Crippen LogP contribution is -2.32. The Morgan fingerprint density at radius 3 is 2.83 bits per heavy atom. The summed E-state index contributed by atoms with van der Waals surface area (Å²) >= 11 is 0. The van der Waals surface area contributed by atoms with E-state index in [0.717, 1.165) is 47.8 Å². The second-order valence-corrected chi connectivity index (χ2v) is 7.19. The molecule has 1 aliphatic heterocycles. The molecule has 1 aliphatic rings. The SMILES string of the molecule is Cc1noc(C)c1-c1cncc(C2CCCN2C(=O)CCOc2ccccc2)n1. The van der Waals surface area contributed by atoms with Gasteiger partial charge in [-0.05, 0) is 38.8 Å². The van der Waals surface area contributed by atoms with Crippen molar-refractivity contribution in [1.29, 1.82) is 0 Å². The van der Waals surface area contributed by atoms with Gasteiger partial charge in [0, 0.05) is 6.54 Å². The van der Waals surface area contributed by atoms with E-state index in [-0.39, 0.29) is 11.9 Å². The highest BCUT2D eigenvalue weighted by molar-refractivity contribution is 5.77. The molecule has 7 nitrogen and oxygen atoms in total. The molecule has 0 spiro atoms. The summed E-state index contributed by atoms with van der Waals surface area (Å²) in [7, 11) is 0. The van der Waals surface area contributed by atoms with Crippen molar-refractivity contribution in [3.8, 4) is 17.0 Å². The molecule has 1 fully saturated rings. The van der Waals surface area contributed by atoms with Crippen molar-refractivity contribution in [3.05, 3.63) is 59.9 Å². The lowest BCUT2D eigenvalue weighted by molar-refractivity contribution is -0.132. The molecule has 0 aliphatic carbocycles. The molecule has 1 aromatic carbocycles. The molecular weight excluding hydrogens is 368 g/mol. The monoisotopic (exact) mass is 392 g/mol. The van der Waals surface area contributed by atoms with Crippen molar-refractivity contribution in [2.24, 2.45) is 0 Å². The first-order chi connectivity index (χ1) is 14.1. The quantitative estimate of drug-likeness (QED) is 0.633. The summed E-state index contributed by atoms with van der Waals surface area (Å²) in [6.07, 6.45) is 5.63. The van der Waals surface area contributed by atoms with Gasteiger partial charge in [0.15, 0.2) is 0 Å². The highest BCUT2D eigenvalue weighted by Gasteiger charge is 2.31. The zero-order chi connectivity index (χ0) is 20.2. The van der Waals surface area contributed by atoms with Crippen LogP contribution >= 0.6 is 0 Å². The number of aryl methyl sites for hydroxylation is 2. The molecule has 1 unspecified atom stereocenters. The van der Waals surface area contributed by atoms with Crippen molar-refractivity contribution in [2.45, 2.75) is 39.2 Å². The van der Waals surface area contributed by atoms with Crippen molar-refractivity contribution in [3.63, 3.8) is 0 Å². The maximum absolute atomic E-state index is 12.8. The molecule has 0 bridgehead atoms. The normalized spacial score (nSPS) is 16.2. The number of para-hydroxylation sites is 1. The summed E-state index contributed by atoms with van der Waals surface area (Å²) in [4.78, 5) is 23.9. The number of ether oxygens (including phenoxy) is 1. The Kier molecular flexibility index (Phi) is 5.55. The van der Waals surface area contributed by atoms with Crippen LogP contribution < -0.4 is 4.74 Å². The first kappa shape index (κ1) is 19.1. The topological polar surface area (TPSA) is 81.4 Å². The van der Waals surface area contributed by atoms with Crippen LogP contribution in [-0.2, 0) is 4.79 Å². The number of carbonyl (C=O) groups excluding carboxylic acids is 1. The standard InChI is InChI=1S/C22H24N4O3/c1-15-22(16(2)29-25-15)19-14-23-13-18(24-19)20-9-6-11-26(20)21(27)10-12-28-17-7-4-3-5-8-17/h3-5,7-8,13-14,20H,6,9-12H2,1-2H3. The van der Waals surface area contributed by atoms with Gasteiger partial charge in [-0.1, -0.05) is 23.4 Å². The molecule has 3 aromatic rings. The number of carbonyl (C=O) groups is 1. The highest BCUT2D eigenvalue weighted by atomic mass is 16.5. The Morgan fingerprint density at radius 2 is 2.07 bits per heavy atom. The summed E-state index contributed by atoms with van der Waals surface area (Å²) in [6, 6.07) is 9.48. The Bertz CT molecular complexity index is 967. The van der Waals surface area contributed by atoms with Crippen LogP contribution in [0.4, 0.5) is 0 Å². The highest BCUT2D eigenvalue weighted by Crippen LogP contribution is 2.33. The first-order valence-electron chi connectivity index (χ1n) is 9.86. The molecule has 0 radical (unpaired) electrons. The van der Waals surface area contributed by atoms with Gasteiger partial charge in [0.05, 0.1) is 54.1 Å². The van der Waals surface area contributed by atoms with E-state index in [1.807, 2.05) is 49.1 Å². The molecule has 1 atom stereocenters. The molecule has 0 saturated carbocycles. The Morgan fingerprint density at radius 1 is 1.24 bits per heavy atom. The largest absolute Gasteiger partial charge is 0.493 e. The molecule has 2 aromatic heterocycles. The van der Waals surface area contributed by atoms with Crippen molar-refractivity contribution in [2.75, 3.05) is 13.2 Å². The van der Waals surface area contributed by atoms with E-state index < -0.39 is 0 Å². The van der Waals surface area contributed by atoms with Gasteiger partial charge >= 0.3 is 0 Å². The van der Waals surface area contributed by atoms with Crippen LogP contribution in [0.5, 0.6) is 5.75 Å². The van der Waals surface area contributed by atoms with Gasteiger partial charge in [-0.3, -0.25) is 9.78 Å². The minimum Gasteiger partial charge on any atom is -0.493 e. The molecule has 29 heavy (non-hydrogen) atoms. The van der Waals surface area contributed by atoms with Gasteiger partial charge in [0.25, 0.3) is 0 Å². The van der Waals surface area contributed by atoms with Crippen LogP contribution in [0.15, 0.2) is 47.2 Å². The van der Waals surface area contributed by atoms with Crippen molar-refractivity contribution < 1.29 is 14.1 Å². The van der Waals surface area contributed by atoms with Crippen LogP contribution in [0.1, 0.15) is 42.5 Å². The number of benzene rings is 1. The van der Waals surface area contributed by atoms with E-state index in [2.05, 4.69) is 10.1 Å². The van der Waals surface area contributed by atoms with E-state index in [0.29, 0.717) is 18.8 Å². The fourth-order valence-electron chi connectivity index (χ4n) is 3.80. The van der Waals surface area contributed by atoms with Crippen LogP contribution in [0.25, 0.3) is 11.3 Å². The summed E-state index contributed by atoms with van der Waals surface area (Å²) in [5.41, 5.74) is 3.18. The number of amides is 1. The van der Waals surface area contributed by atoms with Crippen molar-refractivity contribution in [1.82, 2.24) is 20.0 Å². The zero-order valence-electron chi connectivity index (χ0n) is 16.7. The van der Waals surface area contributed by atoms with Crippen molar-refractivity contribution >= 4 is 5.91 Å². The third kappa shape index (κ3) is 4.13. The van der Waals surface area contributed by atoms with Gasteiger partial charge in [-0.15, -0.1) is 0 Å². The molecule has 4 rings (SSSR count). The zero-order valence-corrected chi connectivity index (χ0v) is 16.7. The Balaban J connectivity index is 1.45. The average molecular weight is 392 g/mol. The van der Waals surface area contributed by atoms with E-state index >= 15 is 0 Å². The average Bonchev–Trinajstić information content (AvgIpc) is 3.36. The van der Waals surface area contributed by atoms with Crippen LogP contribution in [0.3, 0.4) is 0 Å². The maximum atomic E-state index is 12.8. The molecule has 0 N–H and O–H groups in total. The molecule has 150 valence electrons. The smallest absolute Gasteiger partial charge is 0.226 e. The second-order valence-electron chi connectivity index (χ2n) is 7.19. The fraction of sp³-hybridized carbons (Fsp3) is 0.364. The van der Waals surface area contributed by atoms with Gasteiger partial charge in [0.2, 0.25) is 5.91 Å². The van der Waals surface area contributed by atoms with Gasteiger partial charge < -0.3 is 14.2 Å². The molecule has 3 heterocycles. The van der Waals surface area contributed by atoms with E-state index in [1.54, 1.807) is 12.4 Å². The van der Waals surface area contributed by atoms with Crippen LogP contribution in [0, 0.1) is 13.8 Å². The molecular formula is C22H24N4O3. The lowest BCUT2D eigenvalue weighted by Gasteiger charge is -2.24. The summed E-state index contributed by atoms with van der Waals surface area (Å²) in [6.45, 7) is 4.84. The van der Waals surface area contributed by atoms with Crippen LogP contribution in [-0.4, -0.2) is 39.1 Å². The van der Waals surface area contributed by atoms with Crippen LogP contribution in [0.2, 0.25) is 0 Å².